The van der Waals surface area contributed by atoms with Crippen LogP contribution in [0.1, 0.15) is 10.4 Å². The molecule has 5 heteroatoms. The van der Waals surface area contributed by atoms with Gasteiger partial charge in [0.15, 0.2) is 0 Å². The molecule has 0 heterocycles. The van der Waals surface area contributed by atoms with Crippen LogP contribution in [-0.4, -0.2) is 11.1 Å². The average Bonchev–Trinajstić information content (AvgIpc) is 2.28. The molecule has 0 amide bonds. The summed E-state index contributed by atoms with van der Waals surface area (Å²) in [6, 6.07) is 12.2. The molecule has 1 N–H and O–H groups in total. The van der Waals surface area contributed by atoms with E-state index < -0.39 is 5.97 Å². The molecule has 0 spiro atoms. The summed E-state index contributed by atoms with van der Waals surface area (Å²) in [5, 5.41) is 8.91. The van der Waals surface area contributed by atoms with Crippen LogP contribution in [0.4, 0.5) is 0 Å². The Bertz CT molecular complexity index is 597. The molecule has 0 atom stereocenters. The molecule has 2 rings (SSSR count). The van der Waals surface area contributed by atoms with Crippen LogP contribution >= 0.6 is 31.9 Å². The molecule has 2 aromatic rings. The molecule has 0 radical (unpaired) electrons. The van der Waals surface area contributed by atoms with Gasteiger partial charge in [0.25, 0.3) is 0 Å². The highest BCUT2D eigenvalue weighted by Crippen LogP contribution is 2.28. The summed E-state index contributed by atoms with van der Waals surface area (Å²) in [6.45, 7) is 0. The fourth-order valence-corrected chi connectivity index (χ4v) is 2.30. The number of aromatic carboxylic acids is 1. The van der Waals surface area contributed by atoms with E-state index in [4.69, 9.17) is 9.84 Å². The number of ether oxygens (including phenoxy) is 1. The van der Waals surface area contributed by atoms with Gasteiger partial charge >= 0.3 is 5.97 Å². The summed E-state index contributed by atoms with van der Waals surface area (Å²) >= 11 is 6.56. The largest absolute Gasteiger partial charge is 0.478 e. The minimum atomic E-state index is -0.976. The SMILES string of the molecule is O=C(O)c1ccc(Oc2cccc(Br)c2)cc1Br. The summed E-state index contributed by atoms with van der Waals surface area (Å²) in [7, 11) is 0. The number of carboxylic acids is 1. The van der Waals surface area contributed by atoms with Gasteiger partial charge in [0, 0.05) is 8.95 Å². The molecule has 3 nitrogen and oxygen atoms in total. The van der Waals surface area contributed by atoms with Crippen LogP contribution in [0.5, 0.6) is 11.5 Å². The molecule has 18 heavy (non-hydrogen) atoms. The molecule has 0 aliphatic rings. The lowest BCUT2D eigenvalue weighted by atomic mass is 10.2. The maximum absolute atomic E-state index is 10.9. The summed E-state index contributed by atoms with van der Waals surface area (Å²) < 4.78 is 7.03. The fourth-order valence-electron chi connectivity index (χ4n) is 1.40. The Morgan fingerprint density at radius 1 is 1.06 bits per heavy atom. The average molecular weight is 372 g/mol. The van der Waals surface area contributed by atoms with E-state index in [1.165, 1.54) is 6.07 Å². The van der Waals surface area contributed by atoms with Crippen LogP contribution in [-0.2, 0) is 0 Å². The third-order valence-electron chi connectivity index (χ3n) is 2.20. The Morgan fingerprint density at radius 2 is 1.78 bits per heavy atom. The molecule has 92 valence electrons. The molecule has 0 saturated carbocycles. The predicted octanol–water partition coefficient (Wildman–Crippen LogP) is 4.70. The minimum absolute atomic E-state index is 0.205. The molecule has 0 bridgehead atoms. The summed E-state index contributed by atoms with van der Waals surface area (Å²) in [6.07, 6.45) is 0. The lowest BCUT2D eigenvalue weighted by Crippen LogP contribution is -1.97. The Labute approximate surface area is 121 Å². The second-order valence-electron chi connectivity index (χ2n) is 3.51. The molecule has 0 saturated heterocycles. The number of hydrogen-bond acceptors (Lipinski definition) is 2. The molecule has 0 unspecified atom stereocenters. The van der Waals surface area contributed by atoms with Crippen molar-refractivity contribution >= 4 is 37.8 Å². The third kappa shape index (κ3) is 3.11. The second-order valence-corrected chi connectivity index (χ2v) is 5.28. The zero-order valence-electron chi connectivity index (χ0n) is 9.06. The highest BCUT2D eigenvalue weighted by molar-refractivity contribution is 9.10. The van der Waals surface area contributed by atoms with E-state index in [2.05, 4.69) is 31.9 Å². The van der Waals surface area contributed by atoms with Crippen molar-refractivity contribution in [3.05, 3.63) is 57.0 Å². The van der Waals surface area contributed by atoms with Crippen molar-refractivity contribution in [1.82, 2.24) is 0 Å². The van der Waals surface area contributed by atoms with Crippen LogP contribution in [0.2, 0.25) is 0 Å². The third-order valence-corrected chi connectivity index (χ3v) is 3.35. The van der Waals surface area contributed by atoms with Crippen LogP contribution in [0, 0.1) is 0 Å². The smallest absolute Gasteiger partial charge is 0.336 e. The first-order valence-corrected chi connectivity index (χ1v) is 6.61. The highest BCUT2D eigenvalue weighted by Gasteiger charge is 2.09. The van der Waals surface area contributed by atoms with Crippen molar-refractivity contribution in [2.24, 2.45) is 0 Å². The first-order valence-electron chi connectivity index (χ1n) is 5.02. The van der Waals surface area contributed by atoms with Gasteiger partial charge in [-0.15, -0.1) is 0 Å². The molecule has 0 fully saturated rings. The first kappa shape index (κ1) is 13.1. The van der Waals surface area contributed by atoms with Gasteiger partial charge in [-0.25, -0.2) is 4.79 Å². The number of carbonyl (C=O) groups is 1. The van der Waals surface area contributed by atoms with Crippen LogP contribution in [0.3, 0.4) is 0 Å². The van der Waals surface area contributed by atoms with Crippen molar-refractivity contribution in [3.8, 4) is 11.5 Å². The highest BCUT2D eigenvalue weighted by atomic mass is 79.9. The van der Waals surface area contributed by atoms with E-state index in [9.17, 15) is 4.79 Å². The Balaban J connectivity index is 2.25. The normalized spacial score (nSPS) is 10.1. The Kier molecular flexibility index (Phi) is 4.04. The van der Waals surface area contributed by atoms with Gasteiger partial charge in [-0.1, -0.05) is 22.0 Å². The van der Waals surface area contributed by atoms with E-state index in [1.54, 1.807) is 12.1 Å². The topological polar surface area (TPSA) is 46.5 Å². The van der Waals surface area contributed by atoms with Gasteiger partial charge in [0.1, 0.15) is 11.5 Å². The van der Waals surface area contributed by atoms with Gasteiger partial charge in [0.2, 0.25) is 0 Å². The van der Waals surface area contributed by atoms with Gasteiger partial charge in [-0.05, 0) is 52.3 Å². The van der Waals surface area contributed by atoms with Crippen LogP contribution in [0.15, 0.2) is 51.4 Å². The number of carboxylic acid groups (broad SMARTS) is 1. The molecular formula is C13H8Br2O3. The summed E-state index contributed by atoms with van der Waals surface area (Å²) in [5.41, 5.74) is 0.205. The lowest BCUT2D eigenvalue weighted by Gasteiger charge is -2.07. The zero-order valence-corrected chi connectivity index (χ0v) is 12.2. The standard InChI is InChI=1S/C13H8Br2O3/c14-8-2-1-3-9(6-8)18-10-4-5-11(13(16)17)12(15)7-10/h1-7H,(H,16,17). The molecule has 0 aromatic heterocycles. The van der Waals surface area contributed by atoms with Crippen molar-refractivity contribution < 1.29 is 14.6 Å². The van der Waals surface area contributed by atoms with E-state index in [0.29, 0.717) is 16.0 Å². The van der Waals surface area contributed by atoms with Crippen molar-refractivity contribution in [2.75, 3.05) is 0 Å². The molecule has 2 aromatic carbocycles. The monoisotopic (exact) mass is 370 g/mol. The van der Waals surface area contributed by atoms with Gasteiger partial charge in [-0.2, -0.15) is 0 Å². The van der Waals surface area contributed by atoms with Crippen LogP contribution < -0.4 is 4.74 Å². The quantitative estimate of drug-likeness (QED) is 0.850. The van der Waals surface area contributed by atoms with Crippen molar-refractivity contribution in [1.29, 1.82) is 0 Å². The lowest BCUT2D eigenvalue weighted by molar-refractivity contribution is 0.0696. The first-order chi connectivity index (χ1) is 8.56. The van der Waals surface area contributed by atoms with Crippen LogP contribution in [0.25, 0.3) is 0 Å². The Hall–Kier alpha value is -1.33. The van der Waals surface area contributed by atoms with Gasteiger partial charge < -0.3 is 9.84 Å². The maximum Gasteiger partial charge on any atom is 0.336 e. The summed E-state index contributed by atoms with van der Waals surface area (Å²) in [4.78, 5) is 10.9. The number of benzene rings is 2. The van der Waals surface area contributed by atoms with Crippen molar-refractivity contribution in [3.63, 3.8) is 0 Å². The van der Waals surface area contributed by atoms with E-state index in [1.807, 2.05) is 24.3 Å². The van der Waals surface area contributed by atoms with E-state index >= 15 is 0 Å². The van der Waals surface area contributed by atoms with Gasteiger partial charge in [0.05, 0.1) is 5.56 Å². The fraction of sp³-hybridized carbons (Fsp3) is 0. The maximum atomic E-state index is 10.9. The number of halogens is 2. The Morgan fingerprint density at radius 3 is 2.39 bits per heavy atom. The predicted molar refractivity (Wildman–Crippen MR) is 75.3 cm³/mol. The zero-order chi connectivity index (χ0) is 13.1. The van der Waals surface area contributed by atoms with E-state index in [0.717, 1.165) is 4.47 Å². The number of rotatable bonds is 3. The molecule has 0 aliphatic heterocycles. The number of hydrogen-bond donors (Lipinski definition) is 1. The second kappa shape index (κ2) is 5.54. The summed E-state index contributed by atoms with van der Waals surface area (Å²) in [5.74, 6) is 0.278. The minimum Gasteiger partial charge on any atom is -0.478 e. The molecule has 0 aliphatic carbocycles. The van der Waals surface area contributed by atoms with Crippen molar-refractivity contribution in [2.45, 2.75) is 0 Å². The van der Waals surface area contributed by atoms with E-state index in [-0.39, 0.29) is 5.56 Å². The molecular weight excluding hydrogens is 364 g/mol. The van der Waals surface area contributed by atoms with Gasteiger partial charge in [-0.3, -0.25) is 0 Å².